The molecule has 128 valence electrons. The number of carbonyl (C=O) groups excluding carboxylic acids is 1. The van der Waals surface area contributed by atoms with Crippen LogP contribution in [0.4, 0.5) is 0 Å². The summed E-state index contributed by atoms with van der Waals surface area (Å²) < 4.78 is 26.8. The molecular formula is C15H19N5O3S. The molecule has 0 unspecified atom stereocenters. The largest absolute Gasteiger partial charge is 0.346 e. The summed E-state index contributed by atoms with van der Waals surface area (Å²) in [4.78, 5) is 15.9. The fraction of sp³-hybridized carbons (Fsp3) is 0.400. The number of amides is 1. The molecule has 0 fully saturated rings. The number of hydrogen-bond donors (Lipinski definition) is 1. The molecule has 1 N–H and O–H groups in total. The van der Waals surface area contributed by atoms with Gasteiger partial charge >= 0.3 is 0 Å². The molecule has 1 amide bonds. The molecule has 3 rings (SSSR count). The van der Waals surface area contributed by atoms with Crippen LogP contribution in [0.3, 0.4) is 0 Å². The fourth-order valence-corrected chi connectivity index (χ4v) is 3.46. The monoisotopic (exact) mass is 349 g/mol. The summed E-state index contributed by atoms with van der Waals surface area (Å²) in [5, 5.41) is 7.25. The van der Waals surface area contributed by atoms with Gasteiger partial charge in [-0.15, -0.1) is 0 Å². The Kier molecular flexibility index (Phi) is 4.63. The average Bonchev–Trinajstić information content (AvgIpc) is 2.82. The van der Waals surface area contributed by atoms with E-state index in [-0.39, 0.29) is 12.5 Å². The Balaban J connectivity index is 1.68. The lowest BCUT2D eigenvalue weighted by Crippen LogP contribution is -2.29. The molecule has 0 saturated carbocycles. The van der Waals surface area contributed by atoms with Crippen molar-refractivity contribution in [1.82, 2.24) is 24.4 Å². The van der Waals surface area contributed by atoms with Gasteiger partial charge < -0.3 is 5.32 Å². The van der Waals surface area contributed by atoms with Crippen molar-refractivity contribution in [3.63, 3.8) is 0 Å². The molecule has 0 aliphatic carbocycles. The topological polar surface area (TPSA) is 97.2 Å². The van der Waals surface area contributed by atoms with E-state index in [0.29, 0.717) is 37.3 Å². The number of nitrogens with one attached hydrogen (secondary N) is 1. The standard InChI is InChI=1S/C15H19N5O3S/c1-24(22,23)19-6-3-7-20-14(11-19)8-13(18-20)10-17-15(21)12-4-2-5-16-9-12/h2,4-5,8-9H,3,6-7,10-11H2,1H3,(H,17,21). The molecular weight excluding hydrogens is 330 g/mol. The maximum atomic E-state index is 12.0. The molecule has 24 heavy (non-hydrogen) atoms. The van der Waals surface area contributed by atoms with E-state index in [2.05, 4.69) is 15.4 Å². The minimum absolute atomic E-state index is 0.218. The predicted octanol–water partition coefficient (Wildman–Crippen LogP) is 0.373. The van der Waals surface area contributed by atoms with Crippen LogP contribution < -0.4 is 5.32 Å². The van der Waals surface area contributed by atoms with Gasteiger partial charge in [0.15, 0.2) is 0 Å². The van der Waals surface area contributed by atoms with Crippen molar-refractivity contribution in [2.45, 2.75) is 26.1 Å². The van der Waals surface area contributed by atoms with Crippen LogP contribution in [0.2, 0.25) is 0 Å². The zero-order chi connectivity index (χ0) is 17.2. The van der Waals surface area contributed by atoms with Gasteiger partial charge in [-0.05, 0) is 24.6 Å². The number of pyridine rings is 1. The minimum Gasteiger partial charge on any atom is -0.346 e. The highest BCUT2D eigenvalue weighted by atomic mass is 32.2. The maximum Gasteiger partial charge on any atom is 0.253 e. The van der Waals surface area contributed by atoms with Gasteiger partial charge in [0.1, 0.15) is 0 Å². The normalized spacial score (nSPS) is 15.5. The number of sulfonamides is 1. The van der Waals surface area contributed by atoms with Crippen molar-refractivity contribution >= 4 is 15.9 Å². The van der Waals surface area contributed by atoms with Crippen LogP contribution >= 0.6 is 0 Å². The summed E-state index contributed by atoms with van der Waals surface area (Å²) in [7, 11) is -3.23. The van der Waals surface area contributed by atoms with E-state index < -0.39 is 10.0 Å². The predicted molar refractivity (Wildman–Crippen MR) is 87.5 cm³/mol. The minimum atomic E-state index is -3.23. The van der Waals surface area contributed by atoms with Crippen molar-refractivity contribution in [3.8, 4) is 0 Å². The van der Waals surface area contributed by atoms with E-state index >= 15 is 0 Å². The molecule has 8 nitrogen and oxygen atoms in total. The zero-order valence-electron chi connectivity index (χ0n) is 13.3. The Morgan fingerprint density at radius 3 is 2.92 bits per heavy atom. The quantitative estimate of drug-likeness (QED) is 0.860. The summed E-state index contributed by atoms with van der Waals surface area (Å²) in [5.74, 6) is -0.218. The molecule has 2 aromatic heterocycles. The number of rotatable bonds is 4. The van der Waals surface area contributed by atoms with Gasteiger partial charge in [0.05, 0.1) is 36.3 Å². The van der Waals surface area contributed by atoms with Crippen molar-refractivity contribution in [1.29, 1.82) is 0 Å². The van der Waals surface area contributed by atoms with E-state index in [9.17, 15) is 13.2 Å². The van der Waals surface area contributed by atoms with Crippen LogP contribution in [-0.2, 0) is 29.7 Å². The Hall–Kier alpha value is -2.26. The van der Waals surface area contributed by atoms with Crippen LogP contribution in [-0.4, -0.2) is 46.2 Å². The van der Waals surface area contributed by atoms with Gasteiger partial charge in [0.25, 0.3) is 5.91 Å². The first-order valence-electron chi connectivity index (χ1n) is 7.62. The summed E-state index contributed by atoms with van der Waals surface area (Å²) in [6.07, 6.45) is 5.04. The molecule has 0 spiro atoms. The molecule has 3 heterocycles. The number of aromatic nitrogens is 3. The van der Waals surface area contributed by atoms with Gasteiger partial charge in [-0.2, -0.15) is 9.40 Å². The van der Waals surface area contributed by atoms with E-state index in [1.54, 1.807) is 18.3 Å². The smallest absolute Gasteiger partial charge is 0.253 e. The lowest BCUT2D eigenvalue weighted by molar-refractivity contribution is 0.0950. The van der Waals surface area contributed by atoms with E-state index in [0.717, 1.165) is 5.69 Å². The van der Waals surface area contributed by atoms with Crippen LogP contribution in [0, 0.1) is 0 Å². The first kappa shape index (κ1) is 16.6. The van der Waals surface area contributed by atoms with E-state index in [4.69, 9.17) is 0 Å². The van der Waals surface area contributed by atoms with Gasteiger partial charge in [-0.1, -0.05) is 0 Å². The maximum absolute atomic E-state index is 12.0. The zero-order valence-corrected chi connectivity index (χ0v) is 14.2. The van der Waals surface area contributed by atoms with Crippen molar-refractivity contribution in [3.05, 3.63) is 47.5 Å². The molecule has 1 aliphatic heterocycles. The molecule has 0 atom stereocenters. The number of carbonyl (C=O) groups is 1. The van der Waals surface area contributed by atoms with Crippen LogP contribution in [0.25, 0.3) is 0 Å². The fourth-order valence-electron chi connectivity index (χ4n) is 2.63. The molecule has 2 aromatic rings. The van der Waals surface area contributed by atoms with Gasteiger partial charge in [-0.3, -0.25) is 14.5 Å². The van der Waals surface area contributed by atoms with Crippen LogP contribution in [0.5, 0.6) is 0 Å². The van der Waals surface area contributed by atoms with Gasteiger partial charge in [0.2, 0.25) is 10.0 Å². The second kappa shape index (κ2) is 6.70. The first-order chi connectivity index (χ1) is 11.4. The number of aryl methyl sites for hydroxylation is 1. The third-order valence-electron chi connectivity index (χ3n) is 3.85. The summed E-state index contributed by atoms with van der Waals surface area (Å²) in [6, 6.07) is 5.23. The van der Waals surface area contributed by atoms with Crippen LogP contribution in [0.1, 0.15) is 28.2 Å². The lowest BCUT2D eigenvalue weighted by Gasteiger charge is -2.16. The summed E-state index contributed by atoms with van der Waals surface area (Å²) >= 11 is 0. The van der Waals surface area contributed by atoms with Crippen molar-refractivity contribution in [2.75, 3.05) is 12.8 Å². The average molecular weight is 349 g/mol. The van der Waals surface area contributed by atoms with E-state index in [1.165, 1.54) is 16.8 Å². The molecule has 0 aromatic carbocycles. The molecule has 0 bridgehead atoms. The van der Waals surface area contributed by atoms with Crippen molar-refractivity contribution in [2.24, 2.45) is 0 Å². The Morgan fingerprint density at radius 1 is 1.38 bits per heavy atom. The third-order valence-corrected chi connectivity index (χ3v) is 5.10. The summed E-state index contributed by atoms with van der Waals surface area (Å²) in [5.41, 5.74) is 2.03. The van der Waals surface area contributed by atoms with E-state index in [1.807, 2.05) is 10.7 Å². The summed E-state index contributed by atoms with van der Waals surface area (Å²) in [6.45, 7) is 1.75. The molecule has 9 heteroatoms. The SMILES string of the molecule is CS(=O)(=O)N1CCCn2nc(CNC(=O)c3cccnc3)cc2C1. The lowest BCUT2D eigenvalue weighted by atomic mass is 10.2. The van der Waals surface area contributed by atoms with Crippen LogP contribution in [0.15, 0.2) is 30.6 Å². The second-order valence-corrected chi connectivity index (χ2v) is 7.71. The Morgan fingerprint density at radius 2 is 2.21 bits per heavy atom. The highest BCUT2D eigenvalue weighted by molar-refractivity contribution is 7.88. The molecule has 0 radical (unpaired) electrons. The van der Waals surface area contributed by atoms with Gasteiger partial charge in [-0.25, -0.2) is 8.42 Å². The second-order valence-electron chi connectivity index (χ2n) is 5.72. The third kappa shape index (κ3) is 3.80. The Labute approximate surface area is 140 Å². The molecule has 1 aliphatic rings. The van der Waals surface area contributed by atoms with Gasteiger partial charge in [0, 0.05) is 25.5 Å². The number of hydrogen-bond acceptors (Lipinski definition) is 5. The number of nitrogens with zero attached hydrogens (tertiary/aromatic N) is 4. The highest BCUT2D eigenvalue weighted by Crippen LogP contribution is 2.16. The van der Waals surface area contributed by atoms with Crippen molar-refractivity contribution < 1.29 is 13.2 Å². The Bertz CT molecular complexity index is 832. The number of fused-ring (bicyclic) bond motifs is 1. The highest BCUT2D eigenvalue weighted by Gasteiger charge is 2.22. The first-order valence-corrected chi connectivity index (χ1v) is 9.47. The molecule has 0 saturated heterocycles.